The van der Waals surface area contributed by atoms with Crippen molar-refractivity contribution < 1.29 is 0 Å². The zero-order chi connectivity index (χ0) is 15.0. The van der Waals surface area contributed by atoms with E-state index in [1.807, 2.05) is 6.20 Å². The Morgan fingerprint density at radius 1 is 1.19 bits per heavy atom. The van der Waals surface area contributed by atoms with E-state index in [1.54, 1.807) is 0 Å². The largest absolute Gasteiger partial charge is 0.301 e. The molecular formula is C17H30N4. The molecule has 2 aliphatic rings. The molecule has 2 fully saturated rings. The van der Waals surface area contributed by atoms with Gasteiger partial charge in [0, 0.05) is 38.4 Å². The molecule has 4 heteroatoms. The topological polar surface area (TPSA) is 24.3 Å². The molecule has 1 aromatic heterocycles. The quantitative estimate of drug-likeness (QED) is 0.833. The van der Waals surface area contributed by atoms with Crippen molar-refractivity contribution in [1.82, 2.24) is 19.6 Å². The highest BCUT2D eigenvalue weighted by molar-refractivity contribution is 5.10. The summed E-state index contributed by atoms with van der Waals surface area (Å²) in [5, 5.41) is 4.54. The first-order chi connectivity index (χ1) is 10.0. The van der Waals surface area contributed by atoms with Gasteiger partial charge in [0.25, 0.3) is 0 Å². The van der Waals surface area contributed by atoms with Crippen molar-refractivity contribution in [3.05, 3.63) is 18.0 Å². The first kappa shape index (κ1) is 15.0. The molecule has 1 unspecified atom stereocenters. The van der Waals surface area contributed by atoms with Gasteiger partial charge >= 0.3 is 0 Å². The second kappa shape index (κ2) is 6.09. The third-order valence-corrected chi connectivity index (χ3v) is 5.16. The highest BCUT2D eigenvalue weighted by Gasteiger charge is 2.33. The SMILES string of the molecule is CC(C)c1cnn(C2CN(CC3CCN(C(C)C)C3)C2)c1. The van der Waals surface area contributed by atoms with Gasteiger partial charge in [-0.15, -0.1) is 0 Å². The molecule has 21 heavy (non-hydrogen) atoms. The van der Waals surface area contributed by atoms with Gasteiger partial charge in [-0.2, -0.15) is 5.10 Å². The maximum absolute atomic E-state index is 4.54. The Hall–Kier alpha value is -0.870. The second-order valence-electron chi connectivity index (χ2n) is 7.52. The lowest BCUT2D eigenvalue weighted by Crippen LogP contribution is -2.49. The van der Waals surface area contributed by atoms with Crippen LogP contribution in [-0.2, 0) is 0 Å². The summed E-state index contributed by atoms with van der Waals surface area (Å²) in [5.74, 6) is 1.45. The molecule has 1 aromatic rings. The van der Waals surface area contributed by atoms with Crippen molar-refractivity contribution in [3.8, 4) is 0 Å². The maximum Gasteiger partial charge on any atom is 0.0772 e. The normalized spacial score (nSPS) is 25.1. The maximum atomic E-state index is 4.54. The average Bonchev–Trinajstić information content (AvgIpc) is 3.02. The van der Waals surface area contributed by atoms with E-state index in [4.69, 9.17) is 0 Å². The average molecular weight is 290 g/mol. The van der Waals surface area contributed by atoms with E-state index in [0.717, 1.165) is 5.92 Å². The van der Waals surface area contributed by atoms with Crippen molar-refractivity contribution in [2.24, 2.45) is 5.92 Å². The van der Waals surface area contributed by atoms with Crippen LogP contribution in [0.2, 0.25) is 0 Å². The summed E-state index contributed by atoms with van der Waals surface area (Å²) in [6, 6.07) is 1.30. The Bertz CT molecular complexity index is 459. The van der Waals surface area contributed by atoms with Crippen molar-refractivity contribution in [2.45, 2.75) is 52.1 Å². The van der Waals surface area contributed by atoms with Gasteiger partial charge in [0.1, 0.15) is 0 Å². The third kappa shape index (κ3) is 3.32. The lowest BCUT2D eigenvalue weighted by atomic mass is 10.0. The van der Waals surface area contributed by atoms with Crippen LogP contribution in [0.5, 0.6) is 0 Å². The molecule has 2 saturated heterocycles. The molecule has 0 radical (unpaired) electrons. The second-order valence-corrected chi connectivity index (χ2v) is 7.52. The number of aromatic nitrogens is 2. The molecule has 0 spiro atoms. The molecule has 0 N–H and O–H groups in total. The Kier molecular flexibility index (Phi) is 4.36. The Morgan fingerprint density at radius 2 is 1.95 bits per heavy atom. The molecule has 0 bridgehead atoms. The van der Waals surface area contributed by atoms with Gasteiger partial charge < -0.3 is 4.90 Å². The molecule has 118 valence electrons. The summed E-state index contributed by atoms with van der Waals surface area (Å²) in [6.45, 7) is 15.3. The van der Waals surface area contributed by atoms with Crippen molar-refractivity contribution in [2.75, 3.05) is 32.7 Å². The molecule has 1 atom stereocenters. The van der Waals surface area contributed by atoms with E-state index in [2.05, 4.69) is 53.5 Å². The fraction of sp³-hybridized carbons (Fsp3) is 0.824. The van der Waals surface area contributed by atoms with Crippen LogP contribution in [0.25, 0.3) is 0 Å². The number of nitrogens with zero attached hydrogens (tertiary/aromatic N) is 4. The van der Waals surface area contributed by atoms with Crippen LogP contribution in [-0.4, -0.2) is 58.3 Å². The van der Waals surface area contributed by atoms with Gasteiger partial charge in [-0.05, 0) is 44.2 Å². The standard InChI is InChI=1S/C17H30N4/c1-13(2)16-7-18-21(10-16)17-11-19(12-17)8-15-5-6-20(9-15)14(3)4/h7,10,13-15,17H,5-6,8-9,11-12H2,1-4H3. The first-order valence-electron chi connectivity index (χ1n) is 8.53. The van der Waals surface area contributed by atoms with Crippen LogP contribution in [0.4, 0.5) is 0 Å². The molecule has 3 rings (SSSR count). The summed E-state index contributed by atoms with van der Waals surface area (Å²) in [4.78, 5) is 5.22. The monoisotopic (exact) mass is 290 g/mol. The minimum atomic E-state index is 0.579. The van der Waals surface area contributed by atoms with Crippen LogP contribution in [0.3, 0.4) is 0 Å². The predicted molar refractivity (Wildman–Crippen MR) is 86.6 cm³/mol. The van der Waals surface area contributed by atoms with E-state index in [1.165, 1.54) is 44.7 Å². The van der Waals surface area contributed by atoms with E-state index < -0.39 is 0 Å². The van der Waals surface area contributed by atoms with Crippen LogP contribution in [0.15, 0.2) is 12.4 Å². The molecule has 3 heterocycles. The zero-order valence-corrected chi connectivity index (χ0v) is 14.0. The summed E-state index contributed by atoms with van der Waals surface area (Å²) < 4.78 is 2.18. The fourth-order valence-electron chi connectivity index (χ4n) is 3.56. The number of likely N-dealkylation sites (tertiary alicyclic amines) is 2. The predicted octanol–water partition coefficient (Wildman–Crippen LogP) is 2.59. The minimum Gasteiger partial charge on any atom is -0.301 e. The van der Waals surface area contributed by atoms with E-state index in [9.17, 15) is 0 Å². The summed E-state index contributed by atoms with van der Waals surface area (Å²) in [6.07, 6.45) is 5.65. The van der Waals surface area contributed by atoms with Gasteiger partial charge in [0.2, 0.25) is 0 Å². The van der Waals surface area contributed by atoms with Crippen molar-refractivity contribution >= 4 is 0 Å². The Labute approximate surface area is 129 Å². The molecule has 0 amide bonds. The number of rotatable bonds is 5. The molecule has 2 aliphatic heterocycles. The smallest absolute Gasteiger partial charge is 0.0772 e. The Morgan fingerprint density at radius 3 is 2.52 bits per heavy atom. The van der Waals surface area contributed by atoms with Crippen LogP contribution < -0.4 is 0 Å². The molecule has 0 aliphatic carbocycles. The van der Waals surface area contributed by atoms with E-state index in [-0.39, 0.29) is 0 Å². The summed E-state index contributed by atoms with van der Waals surface area (Å²) in [7, 11) is 0. The van der Waals surface area contributed by atoms with Gasteiger partial charge in [0.15, 0.2) is 0 Å². The van der Waals surface area contributed by atoms with E-state index >= 15 is 0 Å². The zero-order valence-electron chi connectivity index (χ0n) is 14.0. The first-order valence-corrected chi connectivity index (χ1v) is 8.53. The summed E-state index contributed by atoms with van der Waals surface area (Å²) >= 11 is 0. The molecule has 4 nitrogen and oxygen atoms in total. The van der Waals surface area contributed by atoms with Gasteiger partial charge in [0.05, 0.1) is 12.2 Å². The van der Waals surface area contributed by atoms with Crippen LogP contribution >= 0.6 is 0 Å². The highest BCUT2D eigenvalue weighted by atomic mass is 15.4. The minimum absolute atomic E-state index is 0.579. The summed E-state index contributed by atoms with van der Waals surface area (Å²) in [5.41, 5.74) is 1.36. The van der Waals surface area contributed by atoms with Gasteiger partial charge in [-0.1, -0.05) is 13.8 Å². The Balaban J connectivity index is 1.43. The molecule has 0 saturated carbocycles. The lowest BCUT2D eigenvalue weighted by molar-refractivity contribution is 0.0805. The fourth-order valence-corrected chi connectivity index (χ4v) is 3.56. The van der Waals surface area contributed by atoms with Crippen LogP contribution in [0, 0.1) is 5.92 Å². The number of hydrogen-bond acceptors (Lipinski definition) is 3. The van der Waals surface area contributed by atoms with Crippen LogP contribution in [0.1, 0.15) is 51.6 Å². The van der Waals surface area contributed by atoms with Gasteiger partial charge in [-0.3, -0.25) is 9.58 Å². The third-order valence-electron chi connectivity index (χ3n) is 5.16. The van der Waals surface area contributed by atoms with Crippen molar-refractivity contribution in [3.63, 3.8) is 0 Å². The number of hydrogen-bond donors (Lipinski definition) is 0. The molecular weight excluding hydrogens is 260 g/mol. The lowest BCUT2D eigenvalue weighted by Gasteiger charge is -2.40. The van der Waals surface area contributed by atoms with E-state index in [0.29, 0.717) is 18.0 Å². The highest BCUT2D eigenvalue weighted by Crippen LogP contribution is 2.26. The molecule has 0 aromatic carbocycles. The van der Waals surface area contributed by atoms with Crippen molar-refractivity contribution in [1.29, 1.82) is 0 Å². The van der Waals surface area contributed by atoms with Gasteiger partial charge in [-0.25, -0.2) is 0 Å².